The molecule has 8 heteroatoms. The van der Waals surface area contributed by atoms with Gasteiger partial charge in [0.2, 0.25) is 0 Å². The molecule has 8 nitrogen and oxygen atoms in total. The van der Waals surface area contributed by atoms with Crippen LogP contribution in [0.3, 0.4) is 0 Å². The first-order valence-electron chi connectivity index (χ1n) is 7.76. The summed E-state index contributed by atoms with van der Waals surface area (Å²) >= 11 is 0. The zero-order valence-electron chi connectivity index (χ0n) is 13.5. The molecule has 0 saturated carbocycles. The summed E-state index contributed by atoms with van der Waals surface area (Å²) in [5, 5.41) is 10.9. The van der Waals surface area contributed by atoms with Gasteiger partial charge in [-0.2, -0.15) is 0 Å². The first kappa shape index (κ1) is 15.1. The molecular formula is C17H15N5O3. The van der Waals surface area contributed by atoms with Gasteiger partial charge in [-0.15, -0.1) is 10.2 Å². The number of carbonyl (C=O) groups excluding carboxylic acids is 1. The minimum Gasteiger partial charge on any atom is -0.486 e. The van der Waals surface area contributed by atoms with Gasteiger partial charge in [-0.1, -0.05) is 0 Å². The fourth-order valence-corrected chi connectivity index (χ4v) is 2.51. The molecule has 4 rings (SSSR count). The first-order chi connectivity index (χ1) is 12.2. The molecule has 25 heavy (non-hydrogen) atoms. The molecule has 0 spiro atoms. The van der Waals surface area contributed by atoms with Crippen LogP contribution in [-0.4, -0.2) is 38.9 Å². The third-order valence-electron chi connectivity index (χ3n) is 3.76. The van der Waals surface area contributed by atoms with Crippen LogP contribution in [0.5, 0.6) is 11.5 Å². The summed E-state index contributed by atoms with van der Waals surface area (Å²) in [5.41, 5.74) is 0.821. The number of ether oxygens (including phenoxy) is 2. The van der Waals surface area contributed by atoms with Gasteiger partial charge in [0.15, 0.2) is 23.0 Å². The van der Waals surface area contributed by atoms with Crippen molar-refractivity contribution in [3.8, 4) is 17.3 Å². The number of anilines is 1. The van der Waals surface area contributed by atoms with Gasteiger partial charge in [-0.3, -0.25) is 9.36 Å². The van der Waals surface area contributed by atoms with Crippen LogP contribution in [0, 0.1) is 6.92 Å². The lowest BCUT2D eigenvalue weighted by Crippen LogP contribution is -2.17. The Kier molecular flexibility index (Phi) is 3.77. The Morgan fingerprint density at radius 3 is 2.68 bits per heavy atom. The SMILES string of the molecule is Cc1nccn1-c1ccc(C(=O)Nc2ccc3c(c2)OCCO3)nn1. The number of rotatable bonds is 3. The molecule has 1 amide bonds. The smallest absolute Gasteiger partial charge is 0.276 e. The number of imidazole rings is 1. The Morgan fingerprint density at radius 1 is 1.12 bits per heavy atom. The van der Waals surface area contributed by atoms with Gasteiger partial charge in [0.05, 0.1) is 0 Å². The van der Waals surface area contributed by atoms with Gasteiger partial charge in [0.1, 0.15) is 19.0 Å². The molecule has 0 fully saturated rings. The molecule has 0 aliphatic carbocycles. The van der Waals surface area contributed by atoms with Crippen LogP contribution >= 0.6 is 0 Å². The standard InChI is InChI=1S/C17H15N5O3/c1-11-18-6-7-22(11)16-5-3-13(20-21-16)17(23)19-12-2-4-14-15(10-12)25-9-8-24-14/h2-7,10H,8-9H2,1H3,(H,19,23). The van der Waals surface area contributed by atoms with Crippen LogP contribution in [0.4, 0.5) is 5.69 Å². The van der Waals surface area contributed by atoms with Crippen LogP contribution in [0.1, 0.15) is 16.3 Å². The van der Waals surface area contributed by atoms with E-state index in [4.69, 9.17) is 9.47 Å². The minimum absolute atomic E-state index is 0.219. The summed E-state index contributed by atoms with van der Waals surface area (Å²) in [6.07, 6.45) is 3.47. The Labute approximate surface area is 143 Å². The Hall–Kier alpha value is -3.42. The monoisotopic (exact) mass is 337 g/mol. The average molecular weight is 337 g/mol. The number of hydrogen-bond donors (Lipinski definition) is 1. The van der Waals surface area contributed by atoms with Gasteiger partial charge < -0.3 is 14.8 Å². The fraction of sp³-hybridized carbons (Fsp3) is 0.176. The van der Waals surface area contributed by atoms with E-state index in [2.05, 4.69) is 20.5 Å². The lowest BCUT2D eigenvalue weighted by molar-refractivity contribution is 0.102. The molecule has 3 aromatic rings. The molecule has 2 aromatic heterocycles. The molecule has 1 aliphatic rings. The number of aromatic nitrogens is 4. The van der Waals surface area contributed by atoms with E-state index in [1.807, 2.05) is 6.92 Å². The van der Waals surface area contributed by atoms with Crippen molar-refractivity contribution in [1.82, 2.24) is 19.7 Å². The van der Waals surface area contributed by atoms with Crippen molar-refractivity contribution in [2.24, 2.45) is 0 Å². The topological polar surface area (TPSA) is 91.2 Å². The second kappa shape index (κ2) is 6.23. The molecule has 3 heterocycles. The van der Waals surface area contributed by atoms with Gasteiger partial charge >= 0.3 is 0 Å². The molecular weight excluding hydrogens is 322 g/mol. The molecule has 126 valence electrons. The van der Waals surface area contributed by atoms with Crippen LogP contribution in [0.15, 0.2) is 42.7 Å². The number of aryl methyl sites for hydroxylation is 1. The average Bonchev–Trinajstić information content (AvgIpc) is 3.08. The Balaban J connectivity index is 1.50. The van der Waals surface area contributed by atoms with Gasteiger partial charge in [-0.25, -0.2) is 4.98 Å². The van der Waals surface area contributed by atoms with E-state index in [0.717, 1.165) is 5.82 Å². The maximum atomic E-state index is 12.3. The van der Waals surface area contributed by atoms with Crippen LogP contribution in [0.25, 0.3) is 5.82 Å². The lowest BCUT2D eigenvalue weighted by atomic mass is 10.2. The Morgan fingerprint density at radius 2 is 1.96 bits per heavy atom. The largest absolute Gasteiger partial charge is 0.486 e. The zero-order valence-corrected chi connectivity index (χ0v) is 13.5. The quantitative estimate of drug-likeness (QED) is 0.786. The van der Waals surface area contributed by atoms with E-state index in [9.17, 15) is 4.79 Å². The van der Waals surface area contributed by atoms with Crippen molar-refractivity contribution in [3.63, 3.8) is 0 Å². The third-order valence-corrected chi connectivity index (χ3v) is 3.76. The van der Waals surface area contributed by atoms with Gasteiger partial charge in [0.25, 0.3) is 5.91 Å². The van der Waals surface area contributed by atoms with E-state index in [1.165, 1.54) is 0 Å². The van der Waals surface area contributed by atoms with E-state index in [1.54, 1.807) is 47.3 Å². The summed E-state index contributed by atoms with van der Waals surface area (Å²) < 4.78 is 12.8. The van der Waals surface area contributed by atoms with Crippen LogP contribution in [-0.2, 0) is 0 Å². The molecule has 0 unspecified atom stereocenters. The van der Waals surface area contributed by atoms with Crippen molar-refractivity contribution < 1.29 is 14.3 Å². The highest BCUT2D eigenvalue weighted by Crippen LogP contribution is 2.32. The maximum absolute atomic E-state index is 12.3. The van der Waals surface area contributed by atoms with Crippen molar-refractivity contribution in [2.45, 2.75) is 6.92 Å². The van der Waals surface area contributed by atoms with Crippen molar-refractivity contribution in [2.75, 3.05) is 18.5 Å². The van der Waals surface area contributed by atoms with E-state index >= 15 is 0 Å². The summed E-state index contributed by atoms with van der Waals surface area (Å²) in [6.45, 7) is 2.88. The highest BCUT2D eigenvalue weighted by Gasteiger charge is 2.14. The van der Waals surface area contributed by atoms with Crippen molar-refractivity contribution in [3.05, 3.63) is 54.2 Å². The zero-order chi connectivity index (χ0) is 17.2. The van der Waals surface area contributed by atoms with Crippen LogP contribution < -0.4 is 14.8 Å². The predicted molar refractivity (Wildman–Crippen MR) is 89.3 cm³/mol. The lowest BCUT2D eigenvalue weighted by Gasteiger charge is -2.18. The maximum Gasteiger partial charge on any atom is 0.276 e. The normalized spacial score (nSPS) is 12.7. The van der Waals surface area contributed by atoms with E-state index in [-0.39, 0.29) is 11.6 Å². The molecule has 0 bridgehead atoms. The van der Waals surface area contributed by atoms with Crippen molar-refractivity contribution >= 4 is 11.6 Å². The van der Waals surface area contributed by atoms with Crippen LogP contribution in [0.2, 0.25) is 0 Å². The second-order valence-electron chi connectivity index (χ2n) is 5.43. The number of benzene rings is 1. The molecule has 0 radical (unpaired) electrons. The first-order valence-corrected chi connectivity index (χ1v) is 7.76. The summed E-state index contributed by atoms with van der Waals surface area (Å²) in [4.78, 5) is 16.5. The van der Waals surface area contributed by atoms with Crippen molar-refractivity contribution in [1.29, 1.82) is 0 Å². The highest BCUT2D eigenvalue weighted by atomic mass is 16.6. The Bertz CT molecular complexity index is 920. The number of hydrogen-bond acceptors (Lipinski definition) is 6. The molecule has 1 N–H and O–H groups in total. The minimum atomic E-state index is -0.349. The summed E-state index contributed by atoms with van der Waals surface area (Å²) in [7, 11) is 0. The van der Waals surface area contributed by atoms with E-state index < -0.39 is 0 Å². The molecule has 0 atom stereocenters. The summed E-state index contributed by atoms with van der Waals surface area (Å²) in [6, 6.07) is 8.58. The number of carbonyl (C=O) groups is 1. The fourth-order valence-electron chi connectivity index (χ4n) is 2.51. The molecule has 0 saturated heterocycles. The number of nitrogens with one attached hydrogen (secondary N) is 1. The summed E-state index contributed by atoms with van der Waals surface area (Å²) in [5.74, 6) is 2.33. The number of fused-ring (bicyclic) bond motifs is 1. The third kappa shape index (κ3) is 3.01. The second-order valence-corrected chi connectivity index (χ2v) is 5.43. The predicted octanol–water partition coefficient (Wildman–Crippen LogP) is 1.99. The van der Waals surface area contributed by atoms with E-state index in [0.29, 0.717) is 36.2 Å². The molecule has 1 aromatic carbocycles. The highest BCUT2D eigenvalue weighted by molar-refractivity contribution is 6.02. The number of amides is 1. The molecule has 1 aliphatic heterocycles. The number of nitrogens with zero attached hydrogens (tertiary/aromatic N) is 4. The van der Waals surface area contributed by atoms with Gasteiger partial charge in [0, 0.05) is 24.1 Å². The van der Waals surface area contributed by atoms with Gasteiger partial charge in [-0.05, 0) is 31.2 Å².